The first-order chi connectivity index (χ1) is 18.9. The quantitative estimate of drug-likeness (QED) is 0.194. The number of nitrogens with zero attached hydrogens (tertiary/aromatic N) is 5. The van der Waals surface area contributed by atoms with Crippen LogP contribution < -0.4 is 11.3 Å². The van der Waals surface area contributed by atoms with Crippen LogP contribution in [0, 0.1) is 6.92 Å². The Bertz CT molecular complexity index is 1310. The molecule has 3 unspecified atom stereocenters. The molecule has 3 atom stereocenters. The lowest BCUT2D eigenvalue weighted by molar-refractivity contribution is -0.135. The molecule has 11 nitrogen and oxygen atoms in total. The van der Waals surface area contributed by atoms with E-state index in [1.807, 2.05) is 29.2 Å². The smallest absolute Gasteiger partial charge is 0.338 e. The van der Waals surface area contributed by atoms with Crippen molar-refractivity contribution in [3.05, 3.63) is 57.8 Å². The SMILES string of the molecule is Cc1c(C2CN3CCN(C(=O)C4CCc5nc(N=CNN(C)N)ccc54)CC3CCO2)ccc2c1COC2=O. The van der Waals surface area contributed by atoms with Crippen LogP contribution in [-0.2, 0) is 27.3 Å². The van der Waals surface area contributed by atoms with Crippen molar-refractivity contribution in [1.29, 1.82) is 0 Å². The largest absolute Gasteiger partial charge is 0.457 e. The minimum atomic E-state index is -0.246. The fraction of sp³-hybridized carbons (Fsp3) is 0.500. The summed E-state index contributed by atoms with van der Waals surface area (Å²) in [5, 5.41) is 1.30. The van der Waals surface area contributed by atoms with Crippen molar-refractivity contribution >= 4 is 24.0 Å². The molecule has 2 aromatic rings. The third-order valence-electron chi connectivity index (χ3n) is 8.44. The first-order valence-corrected chi connectivity index (χ1v) is 13.6. The molecule has 0 bridgehead atoms. The lowest BCUT2D eigenvalue weighted by atomic mass is 9.94. The summed E-state index contributed by atoms with van der Waals surface area (Å²) < 4.78 is 11.6. The Kier molecular flexibility index (Phi) is 7.06. The zero-order valence-electron chi connectivity index (χ0n) is 22.4. The highest BCUT2D eigenvalue weighted by atomic mass is 16.5. The van der Waals surface area contributed by atoms with E-state index in [0.717, 1.165) is 60.3 Å². The number of hydrazine groups is 2. The van der Waals surface area contributed by atoms with Crippen molar-refractivity contribution < 1.29 is 19.1 Å². The summed E-state index contributed by atoms with van der Waals surface area (Å²) in [7, 11) is 1.67. The zero-order chi connectivity index (χ0) is 27.1. The van der Waals surface area contributed by atoms with E-state index in [-0.39, 0.29) is 29.9 Å². The monoisotopic (exact) mass is 533 g/mol. The van der Waals surface area contributed by atoms with E-state index in [1.165, 1.54) is 11.5 Å². The van der Waals surface area contributed by atoms with Crippen LogP contribution in [0.15, 0.2) is 29.3 Å². The summed E-state index contributed by atoms with van der Waals surface area (Å²) in [6.45, 7) is 6.02. The van der Waals surface area contributed by atoms with Crippen LogP contribution >= 0.6 is 0 Å². The maximum absolute atomic E-state index is 13.7. The maximum Gasteiger partial charge on any atom is 0.338 e. The molecule has 206 valence electrons. The van der Waals surface area contributed by atoms with Crippen molar-refractivity contribution in [1.82, 2.24) is 25.3 Å². The van der Waals surface area contributed by atoms with Crippen LogP contribution in [0.1, 0.15) is 63.2 Å². The van der Waals surface area contributed by atoms with Crippen LogP contribution in [0.25, 0.3) is 0 Å². The number of amides is 1. The van der Waals surface area contributed by atoms with Crippen LogP contribution in [0.5, 0.6) is 0 Å². The van der Waals surface area contributed by atoms with E-state index in [9.17, 15) is 9.59 Å². The van der Waals surface area contributed by atoms with Gasteiger partial charge in [-0.15, -0.1) is 0 Å². The molecule has 2 saturated heterocycles. The highest BCUT2D eigenvalue weighted by molar-refractivity contribution is 5.94. The van der Waals surface area contributed by atoms with Crippen molar-refractivity contribution in [2.24, 2.45) is 10.8 Å². The molecule has 0 radical (unpaired) electrons. The Morgan fingerprint density at radius 1 is 1.21 bits per heavy atom. The van der Waals surface area contributed by atoms with Crippen molar-refractivity contribution in [2.45, 2.75) is 50.9 Å². The summed E-state index contributed by atoms with van der Waals surface area (Å²) >= 11 is 0. The third-order valence-corrected chi connectivity index (χ3v) is 8.44. The number of rotatable bonds is 5. The molecule has 1 aromatic heterocycles. The van der Waals surface area contributed by atoms with Gasteiger partial charge in [0.25, 0.3) is 0 Å². The van der Waals surface area contributed by atoms with Crippen LogP contribution in [0.2, 0.25) is 0 Å². The molecule has 0 spiro atoms. The second-order valence-electron chi connectivity index (χ2n) is 10.8. The number of carbonyl (C=O) groups excluding carboxylic acids is 2. The normalized spacial score (nSPS) is 24.9. The van der Waals surface area contributed by atoms with Crippen molar-refractivity contribution in [2.75, 3.05) is 39.8 Å². The van der Waals surface area contributed by atoms with Gasteiger partial charge in [-0.2, -0.15) is 5.12 Å². The average Bonchev–Trinajstić information content (AvgIpc) is 3.45. The highest BCUT2D eigenvalue weighted by Gasteiger charge is 2.38. The molecule has 0 saturated carbocycles. The van der Waals surface area contributed by atoms with E-state index in [1.54, 1.807) is 7.05 Å². The molecule has 2 fully saturated rings. The molecular formula is C28H35N7O4. The number of piperazine rings is 1. The van der Waals surface area contributed by atoms with Gasteiger partial charge in [0.15, 0.2) is 5.82 Å². The summed E-state index contributed by atoms with van der Waals surface area (Å²) in [6.07, 6.45) is 3.85. The Labute approximate surface area is 227 Å². The summed E-state index contributed by atoms with van der Waals surface area (Å²) in [5.74, 6) is 5.91. The molecule has 3 N–H and O–H groups in total. The second kappa shape index (κ2) is 10.6. The Morgan fingerprint density at radius 2 is 2.05 bits per heavy atom. The average molecular weight is 534 g/mol. The van der Waals surface area contributed by atoms with Crippen molar-refractivity contribution in [3.63, 3.8) is 0 Å². The molecular weight excluding hydrogens is 498 g/mol. The number of fused-ring (bicyclic) bond motifs is 3. The fourth-order valence-corrected chi connectivity index (χ4v) is 6.31. The van der Waals surface area contributed by atoms with Gasteiger partial charge in [-0.3, -0.25) is 21.0 Å². The van der Waals surface area contributed by atoms with Gasteiger partial charge in [0.05, 0.1) is 17.6 Å². The van der Waals surface area contributed by atoms with Gasteiger partial charge in [-0.05, 0) is 55.0 Å². The maximum atomic E-state index is 13.7. The molecule has 1 aromatic carbocycles. The minimum Gasteiger partial charge on any atom is -0.457 e. The number of carbonyl (C=O) groups is 2. The Morgan fingerprint density at radius 3 is 2.90 bits per heavy atom. The lowest BCUT2D eigenvalue weighted by Gasteiger charge is -2.41. The molecule has 11 heteroatoms. The number of hydrogen-bond acceptors (Lipinski definition) is 9. The standard InChI is InChI=1S/C28H35N7O4/c1-17-19(3-4-22-23(17)15-39-28(22)37)25-14-34-10-11-35(13-18(34)9-12-38-25)27(36)21-5-7-24-20(21)6-8-26(32-24)30-16-31-33(2)29/h3-4,6,8,16,18,21,25H,5,7,9-15,29H2,1-2H3,(H,30,31,32). The molecule has 3 aliphatic heterocycles. The number of nitrogens with two attached hydrogens (primary N) is 1. The van der Waals surface area contributed by atoms with Crippen LogP contribution in [-0.4, -0.2) is 84.0 Å². The van der Waals surface area contributed by atoms with Gasteiger partial charge in [0.2, 0.25) is 5.91 Å². The zero-order valence-corrected chi connectivity index (χ0v) is 22.4. The molecule has 1 aliphatic carbocycles. The van der Waals surface area contributed by atoms with Gasteiger partial charge >= 0.3 is 5.97 Å². The van der Waals surface area contributed by atoms with E-state index < -0.39 is 0 Å². The van der Waals surface area contributed by atoms with Gasteiger partial charge in [0.1, 0.15) is 12.9 Å². The van der Waals surface area contributed by atoms with Crippen LogP contribution in [0.3, 0.4) is 0 Å². The summed E-state index contributed by atoms with van der Waals surface area (Å²) in [6, 6.07) is 7.99. The van der Waals surface area contributed by atoms with Gasteiger partial charge in [-0.1, -0.05) is 12.1 Å². The first kappa shape index (κ1) is 25.9. The predicted molar refractivity (Wildman–Crippen MR) is 144 cm³/mol. The minimum absolute atomic E-state index is 0.0663. The number of cyclic esters (lactones) is 1. The summed E-state index contributed by atoms with van der Waals surface area (Å²) in [4.78, 5) is 39.1. The number of aromatic nitrogens is 1. The topological polar surface area (TPSA) is 126 Å². The molecule has 6 rings (SSSR count). The van der Waals surface area contributed by atoms with E-state index in [4.69, 9.17) is 15.3 Å². The predicted octanol–water partition coefficient (Wildman–Crippen LogP) is 1.73. The number of hydrogen-bond donors (Lipinski definition) is 2. The number of nitrogens with one attached hydrogen (secondary N) is 1. The van der Waals surface area contributed by atoms with E-state index in [0.29, 0.717) is 37.7 Å². The number of aryl methyl sites for hydroxylation is 1. The van der Waals surface area contributed by atoms with Gasteiger partial charge in [-0.25, -0.2) is 14.8 Å². The Hall–Kier alpha value is -3.38. The molecule has 4 aliphatic rings. The fourth-order valence-electron chi connectivity index (χ4n) is 6.31. The van der Waals surface area contributed by atoms with E-state index in [2.05, 4.69) is 27.2 Å². The Balaban J connectivity index is 1.11. The third kappa shape index (κ3) is 5.03. The number of benzene rings is 1. The first-order valence-electron chi connectivity index (χ1n) is 13.6. The molecule has 1 amide bonds. The second-order valence-corrected chi connectivity index (χ2v) is 10.8. The van der Waals surface area contributed by atoms with Gasteiger partial charge < -0.3 is 14.4 Å². The molecule has 4 heterocycles. The highest BCUT2D eigenvalue weighted by Crippen LogP contribution is 2.37. The van der Waals surface area contributed by atoms with E-state index >= 15 is 0 Å². The number of esters is 1. The summed E-state index contributed by atoms with van der Waals surface area (Å²) in [5.41, 5.74) is 8.59. The number of aliphatic imine (C=N–C) groups is 1. The lowest BCUT2D eigenvalue weighted by Crippen LogP contribution is -2.55. The molecule has 39 heavy (non-hydrogen) atoms. The van der Waals surface area contributed by atoms with Gasteiger partial charge in [0, 0.05) is 57.1 Å². The number of pyridine rings is 1. The van der Waals surface area contributed by atoms with Crippen molar-refractivity contribution in [3.8, 4) is 0 Å². The van der Waals surface area contributed by atoms with Crippen LogP contribution in [0.4, 0.5) is 5.82 Å². The number of ether oxygens (including phenoxy) is 2.